The fourth-order valence-corrected chi connectivity index (χ4v) is 6.47. The largest absolute Gasteiger partial charge is 0.325 e. The first-order valence-electron chi connectivity index (χ1n) is 9.21. The van der Waals surface area contributed by atoms with E-state index in [9.17, 15) is 0 Å². The van der Waals surface area contributed by atoms with Crippen molar-refractivity contribution in [2.75, 3.05) is 0 Å². The molecule has 0 amide bonds. The van der Waals surface area contributed by atoms with Crippen LogP contribution in [0.3, 0.4) is 0 Å². The van der Waals surface area contributed by atoms with Gasteiger partial charge in [-0.05, 0) is 99.2 Å². The molecular weight excluding hydrogens is 242 g/mol. The van der Waals surface area contributed by atoms with Crippen LogP contribution < -0.4 is 5.73 Å². The molecule has 114 valence electrons. The fraction of sp³-hybridized carbons (Fsp3) is 1.00. The minimum Gasteiger partial charge on any atom is -0.325 e. The van der Waals surface area contributed by atoms with Crippen molar-refractivity contribution in [2.24, 2.45) is 40.7 Å². The van der Waals surface area contributed by atoms with Gasteiger partial charge < -0.3 is 5.73 Å². The van der Waals surface area contributed by atoms with E-state index in [1.54, 1.807) is 32.1 Å². The van der Waals surface area contributed by atoms with Gasteiger partial charge in [-0.3, -0.25) is 0 Å². The van der Waals surface area contributed by atoms with Crippen molar-refractivity contribution >= 4 is 0 Å². The normalized spacial score (nSPS) is 48.5. The summed E-state index contributed by atoms with van der Waals surface area (Å²) in [6.07, 6.45) is 14.4. The first-order chi connectivity index (χ1) is 9.43. The second kappa shape index (κ2) is 4.48. The minimum absolute atomic E-state index is 0.190. The molecule has 0 unspecified atom stereocenters. The Morgan fingerprint density at radius 1 is 0.800 bits per heavy atom. The highest BCUT2D eigenvalue weighted by Gasteiger charge is 2.50. The van der Waals surface area contributed by atoms with Gasteiger partial charge in [0, 0.05) is 5.54 Å². The smallest absolute Gasteiger partial charge is 0.0157 e. The summed E-state index contributed by atoms with van der Waals surface area (Å²) in [6, 6.07) is 0. The molecule has 0 saturated heterocycles. The van der Waals surface area contributed by atoms with Crippen molar-refractivity contribution in [3.63, 3.8) is 0 Å². The molecule has 0 radical (unpaired) electrons. The molecule has 0 atom stereocenters. The van der Waals surface area contributed by atoms with Gasteiger partial charge in [0.1, 0.15) is 0 Å². The quantitative estimate of drug-likeness (QED) is 0.773. The number of nitrogens with two attached hydrogens (primary N) is 1. The van der Waals surface area contributed by atoms with Crippen LogP contribution in [0.2, 0.25) is 0 Å². The maximum absolute atomic E-state index is 6.86. The molecule has 1 nitrogen and oxygen atoms in total. The maximum Gasteiger partial charge on any atom is 0.0157 e. The molecule has 0 aromatic carbocycles. The molecule has 5 aliphatic carbocycles. The van der Waals surface area contributed by atoms with E-state index in [0.29, 0.717) is 5.41 Å². The Morgan fingerprint density at radius 3 is 1.80 bits per heavy atom. The van der Waals surface area contributed by atoms with Crippen LogP contribution in [0.15, 0.2) is 0 Å². The predicted octanol–water partition coefficient (Wildman–Crippen LogP) is 4.75. The lowest BCUT2D eigenvalue weighted by Gasteiger charge is -2.56. The van der Waals surface area contributed by atoms with Gasteiger partial charge in [-0.2, -0.15) is 0 Å². The molecule has 4 bridgehead atoms. The SMILES string of the molecule is CC1(C)CCC(N)(CC2C3CC4CC(C3)CC2C4)CC1. The Balaban J connectivity index is 1.44. The highest BCUT2D eigenvalue weighted by atomic mass is 14.8. The predicted molar refractivity (Wildman–Crippen MR) is 84.3 cm³/mol. The van der Waals surface area contributed by atoms with Crippen molar-refractivity contribution in [1.29, 1.82) is 0 Å². The average Bonchev–Trinajstić information content (AvgIpc) is 2.38. The average molecular weight is 275 g/mol. The molecule has 0 heterocycles. The lowest BCUT2D eigenvalue weighted by atomic mass is 9.50. The van der Waals surface area contributed by atoms with Gasteiger partial charge in [-0.25, -0.2) is 0 Å². The summed E-state index contributed by atoms with van der Waals surface area (Å²) >= 11 is 0. The molecule has 5 rings (SSSR count). The molecule has 0 aromatic rings. The molecule has 5 saturated carbocycles. The third kappa shape index (κ3) is 2.34. The topological polar surface area (TPSA) is 26.0 Å². The van der Waals surface area contributed by atoms with E-state index in [1.807, 2.05) is 0 Å². The van der Waals surface area contributed by atoms with Crippen LogP contribution in [0, 0.1) is 35.0 Å². The summed E-state index contributed by atoms with van der Waals surface area (Å²) in [5, 5.41) is 0. The molecule has 0 aromatic heterocycles. The molecular formula is C19H33N. The number of hydrogen-bond acceptors (Lipinski definition) is 1. The van der Waals surface area contributed by atoms with E-state index >= 15 is 0 Å². The first-order valence-corrected chi connectivity index (χ1v) is 9.21. The molecule has 5 fully saturated rings. The van der Waals surface area contributed by atoms with Crippen molar-refractivity contribution in [2.45, 2.75) is 83.6 Å². The zero-order valence-corrected chi connectivity index (χ0v) is 13.5. The molecule has 5 aliphatic rings. The van der Waals surface area contributed by atoms with Gasteiger partial charge in [0.2, 0.25) is 0 Å². The van der Waals surface area contributed by atoms with Crippen LogP contribution in [0.5, 0.6) is 0 Å². The monoisotopic (exact) mass is 275 g/mol. The molecule has 1 heteroatoms. The summed E-state index contributed by atoms with van der Waals surface area (Å²) in [5.74, 6) is 5.32. The van der Waals surface area contributed by atoms with Crippen LogP contribution in [0.1, 0.15) is 78.1 Å². The zero-order chi connectivity index (χ0) is 14.0. The van der Waals surface area contributed by atoms with E-state index < -0.39 is 0 Å². The van der Waals surface area contributed by atoms with Gasteiger partial charge in [-0.15, -0.1) is 0 Å². The molecule has 0 spiro atoms. The van der Waals surface area contributed by atoms with Gasteiger partial charge >= 0.3 is 0 Å². The summed E-state index contributed by atoms with van der Waals surface area (Å²) in [5.41, 5.74) is 7.60. The lowest BCUT2D eigenvalue weighted by Crippen LogP contribution is -2.52. The summed E-state index contributed by atoms with van der Waals surface area (Å²) in [7, 11) is 0. The zero-order valence-electron chi connectivity index (χ0n) is 13.5. The molecule has 2 N–H and O–H groups in total. The van der Waals surface area contributed by atoms with E-state index in [-0.39, 0.29) is 5.54 Å². The highest BCUT2D eigenvalue weighted by Crippen LogP contribution is 2.58. The van der Waals surface area contributed by atoms with Crippen LogP contribution >= 0.6 is 0 Å². The summed E-state index contributed by atoms with van der Waals surface area (Å²) in [6.45, 7) is 4.85. The van der Waals surface area contributed by atoms with Gasteiger partial charge in [0.25, 0.3) is 0 Å². The highest BCUT2D eigenvalue weighted by molar-refractivity contribution is 5.02. The minimum atomic E-state index is 0.190. The van der Waals surface area contributed by atoms with E-state index in [1.165, 1.54) is 32.1 Å². The summed E-state index contributed by atoms with van der Waals surface area (Å²) < 4.78 is 0. The molecule has 0 aliphatic heterocycles. The second-order valence-corrected chi connectivity index (χ2v) is 9.83. The maximum atomic E-state index is 6.86. The van der Waals surface area contributed by atoms with Gasteiger partial charge in [0.05, 0.1) is 0 Å². The number of hydrogen-bond donors (Lipinski definition) is 1. The third-order valence-corrected chi connectivity index (χ3v) is 7.66. The van der Waals surface area contributed by atoms with E-state index in [4.69, 9.17) is 5.73 Å². The summed E-state index contributed by atoms with van der Waals surface area (Å²) in [4.78, 5) is 0. The number of rotatable bonds is 2. The third-order valence-electron chi connectivity index (χ3n) is 7.66. The van der Waals surface area contributed by atoms with E-state index in [0.717, 1.165) is 29.6 Å². The van der Waals surface area contributed by atoms with Gasteiger partial charge in [-0.1, -0.05) is 13.8 Å². The van der Waals surface area contributed by atoms with Crippen molar-refractivity contribution in [1.82, 2.24) is 0 Å². The van der Waals surface area contributed by atoms with Crippen LogP contribution in [-0.2, 0) is 0 Å². The first kappa shape index (κ1) is 13.6. The standard InChI is InChI=1S/C19H33N/c1-18(2)3-5-19(20,6-4-18)12-17-15-8-13-7-14(10-15)11-16(17)9-13/h13-17H,3-12,20H2,1-2H3. The molecule has 20 heavy (non-hydrogen) atoms. The second-order valence-electron chi connectivity index (χ2n) is 9.83. The Hall–Kier alpha value is -0.0400. The van der Waals surface area contributed by atoms with Crippen molar-refractivity contribution in [3.05, 3.63) is 0 Å². The lowest BCUT2D eigenvalue weighted by molar-refractivity contribution is -0.0524. The van der Waals surface area contributed by atoms with Crippen LogP contribution in [0.4, 0.5) is 0 Å². The van der Waals surface area contributed by atoms with E-state index in [2.05, 4.69) is 13.8 Å². The van der Waals surface area contributed by atoms with Crippen LogP contribution in [-0.4, -0.2) is 5.54 Å². The Kier molecular flexibility index (Phi) is 3.05. The fourth-order valence-electron chi connectivity index (χ4n) is 6.47. The Bertz CT molecular complexity index is 345. The van der Waals surface area contributed by atoms with Crippen molar-refractivity contribution < 1.29 is 0 Å². The van der Waals surface area contributed by atoms with Crippen molar-refractivity contribution in [3.8, 4) is 0 Å². The van der Waals surface area contributed by atoms with Gasteiger partial charge in [0.15, 0.2) is 0 Å². The van der Waals surface area contributed by atoms with Crippen LogP contribution in [0.25, 0.3) is 0 Å². The Labute approximate surface area is 125 Å². The Morgan fingerprint density at radius 2 is 1.30 bits per heavy atom.